The molecule has 8 heteroatoms. The average Bonchev–Trinajstić information content (AvgIpc) is 3.54. The largest absolute Gasteiger partial charge is 0.481 e. The van der Waals surface area contributed by atoms with Gasteiger partial charge in [0.1, 0.15) is 5.54 Å². The van der Waals surface area contributed by atoms with Gasteiger partial charge in [-0.3, -0.25) is 18.8 Å². The number of carboxylic acid groups (broad SMARTS) is 2. The van der Waals surface area contributed by atoms with Gasteiger partial charge in [-0.25, -0.2) is 4.79 Å². The van der Waals surface area contributed by atoms with Gasteiger partial charge in [0.15, 0.2) is 5.82 Å². The second-order valence-corrected chi connectivity index (χ2v) is 10.6. The molecule has 1 atom stereocenters. The van der Waals surface area contributed by atoms with Crippen molar-refractivity contribution in [3.8, 4) is 5.82 Å². The molecule has 2 heterocycles. The molecule has 0 saturated heterocycles. The van der Waals surface area contributed by atoms with Crippen LogP contribution < -0.4 is 5.56 Å². The number of benzene rings is 3. The Morgan fingerprint density at radius 1 is 0.750 bits per heavy atom. The van der Waals surface area contributed by atoms with Gasteiger partial charge in [0.2, 0.25) is 0 Å². The summed E-state index contributed by atoms with van der Waals surface area (Å²) in [5, 5.41) is 22.4. The van der Waals surface area contributed by atoms with Crippen LogP contribution in [-0.2, 0) is 15.1 Å². The van der Waals surface area contributed by atoms with Crippen LogP contribution in [0.1, 0.15) is 30.0 Å². The lowest BCUT2D eigenvalue weighted by Crippen LogP contribution is -2.38. The fourth-order valence-electron chi connectivity index (χ4n) is 5.37. The van der Waals surface area contributed by atoms with Gasteiger partial charge in [0, 0.05) is 30.1 Å². The molecule has 6 rings (SSSR count). The van der Waals surface area contributed by atoms with E-state index in [9.17, 15) is 14.4 Å². The van der Waals surface area contributed by atoms with E-state index < -0.39 is 22.9 Å². The Hall–Kier alpha value is -5.76. The summed E-state index contributed by atoms with van der Waals surface area (Å²) in [7, 11) is 0. The van der Waals surface area contributed by atoms with Crippen molar-refractivity contribution in [2.24, 2.45) is 5.41 Å². The number of rotatable bonds is 7. The fraction of sp³-hybridized carbons (Fsp3) is 0.111. The van der Waals surface area contributed by atoms with Crippen LogP contribution >= 0.6 is 0 Å². The number of hydrogen-bond donors (Lipinski definition) is 2. The molecule has 0 fully saturated rings. The molecule has 5 aromatic rings. The zero-order chi connectivity index (χ0) is 31.2. The van der Waals surface area contributed by atoms with Gasteiger partial charge in [0.05, 0.1) is 5.41 Å². The van der Waals surface area contributed by atoms with Crippen LogP contribution in [0.25, 0.3) is 5.82 Å². The first-order valence-corrected chi connectivity index (χ1v) is 14.0. The minimum atomic E-state index is -1.08. The lowest BCUT2D eigenvalue weighted by molar-refractivity contribution is -0.145. The molecule has 0 saturated carbocycles. The Balaban J connectivity index is 0.000000249. The van der Waals surface area contributed by atoms with Gasteiger partial charge in [-0.1, -0.05) is 115 Å². The van der Waals surface area contributed by atoms with Crippen molar-refractivity contribution in [3.05, 3.63) is 178 Å². The van der Waals surface area contributed by atoms with Crippen LogP contribution in [-0.4, -0.2) is 36.5 Å². The summed E-state index contributed by atoms with van der Waals surface area (Å²) in [6.07, 6.45) is 8.12. The SMILES string of the molecule is CC1(C(=O)O)C=CC=C(C(=O)O)C1.O=c1ccccn1-c1ccn(C(c2ccccc2)(c2ccccc2)c2ccccc2)n1. The maximum atomic E-state index is 12.4. The van der Waals surface area contributed by atoms with Gasteiger partial charge in [-0.05, 0) is 36.1 Å². The molecule has 220 valence electrons. The van der Waals surface area contributed by atoms with Crippen molar-refractivity contribution in [2.75, 3.05) is 0 Å². The second kappa shape index (κ2) is 12.6. The number of carboxylic acids is 2. The zero-order valence-corrected chi connectivity index (χ0v) is 24.0. The van der Waals surface area contributed by atoms with Crippen molar-refractivity contribution in [2.45, 2.75) is 18.9 Å². The zero-order valence-electron chi connectivity index (χ0n) is 24.0. The summed E-state index contributed by atoms with van der Waals surface area (Å²) in [6.45, 7) is 1.50. The number of allylic oxidation sites excluding steroid dienone is 2. The molecular formula is C36H31N3O5. The summed E-state index contributed by atoms with van der Waals surface area (Å²) in [6, 6.07) is 38.0. The molecule has 0 spiro atoms. The normalized spacial score (nSPS) is 15.9. The van der Waals surface area contributed by atoms with Crippen LogP contribution in [0.3, 0.4) is 0 Å². The van der Waals surface area contributed by atoms with E-state index in [4.69, 9.17) is 15.3 Å². The van der Waals surface area contributed by atoms with Crippen LogP contribution in [0.5, 0.6) is 0 Å². The first-order chi connectivity index (χ1) is 21.3. The van der Waals surface area contributed by atoms with Crippen molar-refractivity contribution < 1.29 is 19.8 Å². The molecule has 0 aliphatic heterocycles. The molecule has 0 amide bonds. The summed E-state index contributed by atoms with van der Waals surface area (Å²) < 4.78 is 3.52. The van der Waals surface area contributed by atoms with Gasteiger partial charge >= 0.3 is 11.9 Å². The molecule has 1 aliphatic rings. The van der Waals surface area contributed by atoms with Gasteiger partial charge in [0.25, 0.3) is 5.56 Å². The molecular weight excluding hydrogens is 554 g/mol. The predicted octanol–water partition coefficient (Wildman–Crippen LogP) is 5.92. The Labute approximate surface area is 254 Å². The van der Waals surface area contributed by atoms with Gasteiger partial charge in [-0.15, -0.1) is 0 Å². The topological polar surface area (TPSA) is 114 Å². The van der Waals surface area contributed by atoms with Crippen LogP contribution in [0.15, 0.2) is 156 Å². The third-order valence-corrected chi connectivity index (χ3v) is 7.65. The van der Waals surface area contributed by atoms with E-state index in [0.29, 0.717) is 5.82 Å². The number of aromatic nitrogens is 3. The smallest absolute Gasteiger partial charge is 0.331 e. The highest BCUT2D eigenvalue weighted by molar-refractivity contribution is 5.90. The van der Waals surface area contributed by atoms with E-state index in [1.165, 1.54) is 31.2 Å². The van der Waals surface area contributed by atoms with Crippen molar-refractivity contribution >= 4 is 11.9 Å². The van der Waals surface area contributed by atoms with E-state index >= 15 is 0 Å². The first kappa shape index (κ1) is 29.7. The molecule has 2 aromatic heterocycles. The predicted molar refractivity (Wildman–Crippen MR) is 168 cm³/mol. The highest BCUT2D eigenvalue weighted by atomic mass is 16.4. The maximum absolute atomic E-state index is 12.4. The van der Waals surface area contributed by atoms with Gasteiger partial charge in [-0.2, -0.15) is 5.10 Å². The lowest BCUT2D eigenvalue weighted by atomic mass is 9.77. The summed E-state index contributed by atoms with van der Waals surface area (Å²) in [4.78, 5) is 33.7. The molecule has 3 aromatic carbocycles. The van der Waals surface area contributed by atoms with E-state index in [-0.39, 0.29) is 17.6 Å². The molecule has 0 radical (unpaired) electrons. The minimum absolute atomic E-state index is 0.0359. The monoisotopic (exact) mass is 585 g/mol. The van der Waals surface area contributed by atoms with E-state index in [1.807, 2.05) is 77.6 Å². The van der Waals surface area contributed by atoms with Crippen molar-refractivity contribution in [3.63, 3.8) is 0 Å². The van der Waals surface area contributed by atoms with Gasteiger partial charge < -0.3 is 10.2 Å². The third-order valence-electron chi connectivity index (χ3n) is 7.65. The molecule has 1 unspecified atom stereocenters. The Morgan fingerprint density at radius 2 is 1.27 bits per heavy atom. The van der Waals surface area contributed by atoms with E-state index in [0.717, 1.165) is 16.7 Å². The molecule has 1 aliphatic carbocycles. The quantitative estimate of drug-likeness (QED) is 0.229. The summed E-state index contributed by atoms with van der Waals surface area (Å²) in [5.74, 6) is -1.48. The second-order valence-electron chi connectivity index (χ2n) is 10.6. The summed E-state index contributed by atoms with van der Waals surface area (Å²) in [5.41, 5.74) is 1.50. The maximum Gasteiger partial charge on any atom is 0.331 e. The lowest BCUT2D eigenvalue weighted by Gasteiger charge is -2.36. The Kier molecular flexibility index (Phi) is 8.53. The number of nitrogens with zero attached hydrogens (tertiary/aromatic N) is 3. The molecule has 0 bridgehead atoms. The van der Waals surface area contributed by atoms with Crippen molar-refractivity contribution in [1.29, 1.82) is 0 Å². The van der Waals surface area contributed by atoms with Crippen LogP contribution in [0.2, 0.25) is 0 Å². The molecule has 44 heavy (non-hydrogen) atoms. The number of aliphatic carboxylic acids is 2. The number of carbonyl (C=O) groups is 2. The Morgan fingerprint density at radius 3 is 1.75 bits per heavy atom. The number of hydrogen-bond acceptors (Lipinski definition) is 4. The molecule has 8 nitrogen and oxygen atoms in total. The highest BCUT2D eigenvalue weighted by Crippen LogP contribution is 2.40. The number of pyridine rings is 1. The first-order valence-electron chi connectivity index (χ1n) is 14.0. The van der Waals surface area contributed by atoms with Crippen molar-refractivity contribution in [1.82, 2.24) is 14.3 Å². The third kappa shape index (κ3) is 5.78. The highest BCUT2D eigenvalue weighted by Gasteiger charge is 2.39. The minimum Gasteiger partial charge on any atom is -0.481 e. The molecule has 2 N–H and O–H groups in total. The summed E-state index contributed by atoms with van der Waals surface area (Å²) >= 11 is 0. The average molecular weight is 586 g/mol. The van der Waals surface area contributed by atoms with E-state index in [2.05, 4.69) is 36.4 Å². The van der Waals surface area contributed by atoms with Crippen LogP contribution in [0.4, 0.5) is 0 Å². The van der Waals surface area contributed by atoms with Crippen LogP contribution in [0, 0.1) is 5.41 Å². The fourth-order valence-corrected chi connectivity index (χ4v) is 5.37. The standard InChI is InChI=1S/C27H21N3O.C9H10O4/c31-26-18-10-11-20-29(26)25-19-21-30(28-25)27(22-12-4-1-5-13-22,23-14-6-2-7-15-23)24-16-8-3-9-17-24;1-9(8(12)13)4-2-3-6(5-9)7(10)11/h1-21H;2-4H,5H2,1H3,(H,10,11)(H,12,13). The van der Waals surface area contributed by atoms with E-state index in [1.54, 1.807) is 16.8 Å². The Bertz CT molecular complexity index is 1780.